The summed E-state index contributed by atoms with van der Waals surface area (Å²) in [7, 11) is 0. The zero-order chi connectivity index (χ0) is 11.4. The van der Waals surface area contributed by atoms with Crippen molar-refractivity contribution >= 4 is 21.8 Å². The van der Waals surface area contributed by atoms with E-state index in [0.29, 0.717) is 11.9 Å². The number of amidine groups is 1. The molecular formula is C11H15BrN4. The Balaban J connectivity index is 2.17. The Bertz CT molecular complexity index is 368. The molecule has 0 saturated heterocycles. The molecule has 0 spiro atoms. The Morgan fingerprint density at radius 2 is 2.19 bits per heavy atom. The van der Waals surface area contributed by atoms with Crippen LogP contribution in [0.3, 0.4) is 0 Å². The molecule has 5 heteroatoms. The minimum atomic E-state index is 0.400. The third kappa shape index (κ3) is 2.80. The Morgan fingerprint density at radius 3 is 2.75 bits per heavy atom. The molecule has 2 rings (SSSR count). The fourth-order valence-corrected chi connectivity index (χ4v) is 2.14. The fourth-order valence-electron chi connectivity index (χ4n) is 1.91. The molecular weight excluding hydrogens is 268 g/mol. The van der Waals surface area contributed by atoms with Gasteiger partial charge in [0.1, 0.15) is 5.69 Å². The first-order valence-corrected chi connectivity index (χ1v) is 6.25. The van der Waals surface area contributed by atoms with Gasteiger partial charge < -0.3 is 5.43 Å². The van der Waals surface area contributed by atoms with Gasteiger partial charge in [-0.15, -0.1) is 0 Å². The second-order valence-electron chi connectivity index (χ2n) is 3.92. The van der Waals surface area contributed by atoms with Gasteiger partial charge in [-0.1, -0.05) is 12.8 Å². The number of pyridine rings is 1. The number of hydrazine groups is 1. The van der Waals surface area contributed by atoms with Gasteiger partial charge in [-0.05, 0) is 40.9 Å². The largest absolute Gasteiger partial charge is 0.307 e. The maximum Gasteiger partial charge on any atom is 0.161 e. The summed E-state index contributed by atoms with van der Waals surface area (Å²) in [5.74, 6) is 6.17. The van der Waals surface area contributed by atoms with Gasteiger partial charge in [-0.2, -0.15) is 0 Å². The Hall–Kier alpha value is -0.940. The van der Waals surface area contributed by atoms with E-state index < -0.39 is 0 Å². The van der Waals surface area contributed by atoms with Crippen LogP contribution in [0.1, 0.15) is 31.4 Å². The molecule has 0 radical (unpaired) electrons. The first-order chi connectivity index (χ1) is 7.79. The number of halogens is 1. The molecule has 1 heterocycles. The third-order valence-corrected chi connectivity index (χ3v) is 3.21. The van der Waals surface area contributed by atoms with E-state index in [2.05, 4.69) is 31.3 Å². The lowest BCUT2D eigenvalue weighted by atomic mass is 10.2. The van der Waals surface area contributed by atoms with Crippen LogP contribution in [-0.2, 0) is 0 Å². The van der Waals surface area contributed by atoms with Gasteiger partial charge >= 0.3 is 0 Å². The smallest absolute Gasteiger partial charge is 0.161 e. The minimum absolute atomic E-state index is 0.400. The Morgan fingerprint density at radius 1 is 1.44 bits per heavy atom. The number of aromatic nitrogens is 1. The number of nitrogens with one attached hydrogen (secondary N) is 1. The van der Waals surface area contributed by atoms with Crippen molar-refractivity contribution in [2.24, 2.45) is 10.8 Å². The van der Waals surface area contributed by atoms with Crippen molar-refractivity contribution in [3.05, 3.63) is 28.5 Å². The van der Waals surface area contributed by atoms with Crippen LogP contribution >= 0.6 is 15.9 Å². The summed E-state index contributed by atoms with van der Waals surface area (Å²) < 4.78 is 0.952. The molecule has 16 heavy (non-hydrogen) atoms. The lowest BCUT2D eigenvalue weighted by Gasteiger charge is -2.08. The number of hydrogen-bond donors (Lipinski definition) is 2. The van der Waals surface area contributed by atoms with Gasteiger partial charge in [0.15, 0.2) is 5.84 Å². The predicted octanol–water partition coefficient (Wildman–Crippen LogP) is 2.00. The summed E-state index contributed by atoms with van der Waals surface area (Å²) in [5.41, 5.74) is 3.43. The highest BCUT2D eigenvalue weighted by atomic mass is 79.9. The van der Waals surface area contributed by atoms with Crippen molar-refractivity contribution in [3.8, 4) is 0 Å². The fraction of sp³-hybridized carbons (Fsp3) is 0.455. The van der Waals surface area contributed by atoms with E-state index in [-0.39, 0.29) is 0 Å². The lowest BCUT2D eigenvalue weighted by Crippen LogP contribution is -2.32. The van der Waals surface area contributed by atoms with Crippen LogP contribution < -0.4 is 11.3 Å². The second-order valence-corrected chi connectivity index (χ2v) is 4.84. The van der Waals surface area contributed by atoms with Gasteiger partial charge in [0.2, 0.25) is 0 Å². The maximum atomic E-state index is 5.49. The topological polar surface area (TPSA) is 63.3 Å². The normalized spacial score (nSPS) is 17.8. The van der Waals surface area contributed by atoms with Crippen molar-refractivity contribution in [1.82, 2.24) is 10.4 Å². The molecule has 86 valence electrons. The number of aliphatic imine (C=N–C) groups is 1. The van der Waals surface area contributed by atoms with Crippen LogP contribution in [0, 0.1) is 0 Å². The van der Waals surface area contributed by atoms with Crippen molar-refractivity contribution in [2.45, 2.75) is 31.7 Å². The van der Waals surface area contributed by atoms with Gasteiger partial charge in [-0.25, -0.2) is 5.84 Å². The molecule has 1 aliphatic carbocycles. The summed E-state index contributed by atoms with van der Waals surface area (Å²) in [5, 5.41) is 0. The first kappa shape index (κ1) is 11.5. The quantitative estimate of drug-likeness (QED) is 0.377. The maximum absolute atomic E-state index is 5.49. The van der Waals surface area contributed by atoms with Crippen LogP contribution in [0.25, 0.3) is 0 Å². The van der Waals surface area contributed by atoms with Crippen LogP contribution in [0.15, 0.2) is 27.8 Å². The average molecular weight is 283 g/mol. The summed E-state index contributed by atoms with van der Waals surface area (Å²) >= 11 is 3.35. The van der Waals surface area contributed by atoms with Gasteiger partial charge in [-0.3, -0.25) is 9.98 Å². The summed E-state index contributed by atoms with van der Waals surface area (Å²) in [6, 6.07) is 4.23. The number of nitrogens with zero attached hydrogens (tertiary/aromatic N) is 2. The molecule has 0 atom stereocenters. The molecule has 3 N–H and O–H groups in total. The molecule has 0 aliphatic heterocycles. The SMILES string of the molecule is NNC(=NC1CCCC1)c1ccc(Br)cn1. The second kappa shape index (κ2) is 5.41. The molecule has 4 nitrogen and oxygen atoms in total. The van der Waals surface area contributed by atoms with Gasteiger partial charge in [0.25, 0.3) is 0 Å². The van der Waals surface area contributed by atoms with E-state index in [1.807, 2.05) is 12.1 Å². The Kier molecular flexibility index (Phi) is 3.90. The number of hydrogen-bond acceptors (Lipinski definition) is 3. The number of nitrogens with two attached hydrogens (primary N) is 1. The lowest BCUT2D eigenvalue weighted by molar-refractivity contribution is 0.700. The van der Waals surface area contributed by atoms with E-state index in [4.69, 9.17) is 5.84 Å². The molecule has 0 aromatic carbocycles. The minimum Gasteiger partial charge on any atom is -0.307 e. The number of rotatable bonds is 2. The molecule has 1 aromatic heterocycles. The summed E-state index contributed by atoms with van der Waals surface area (Å²) in [6.45, 7) is 0. The zero-order valence-corrected chi connectivity index (χ0v) is 10.6. The third-order valence-electron chi connectivity index (χ3n) is 2.74. The van der Waals surface area contributed by atoms with Crippen LogP contribution in [0.2, 0.25) is 0 Å². The Labute approximate surface area is 103 Å². The molecule has 0 bridgehead atoms. The van der Waals surface area contributed by atoms with Crippen LogP contribution in [0.5, 0.6) is 0 Å². The standard InChI is InChI=1S/C11H15BrN4/c12-8-5-6-10(14-7-8)11(16-13)15-9-3-1-2-4-9/h5-7,9H,1-4,13H2,(H,15,16). The monoisotopic (exact) mass is 282 g/mol. The summed E-state index contributed by atoms with van der Waals surface area (Å²) in [6.07, 6.45) is 6.58. The van der Waals surface area contributed by atoms with Crippen molar-refractivity contribution in [2.75, 3.05) is 0 Å². The van der Waals surface area contributed by atoms with E-state index in [1.54, 1.807) is 6.20 Å². The summed E-state index contributed by atoms with van der Waals surface area (Å²) in [4.78, 5) is 8.87. The van der Waals surface area contributed by atoms with Crippen molar-refractivity contribution in [3.63, 3.8) is 0 Å². The van der Waals surface area contributed by atoms with E-state index in [9.17, 15) is 0 Å². The highest BCUT2D eigenvalue weighted by Gasteiger charge is 2.15. The average Bonchev–Trinajstić information content (AvgIpc) is 2.80. The van der Waals surface area contributed by atoms with E-state index >= 15 is 0 Å². The zero-order valence-electron chi connectivity index (χ0n) is 8.99. The first-order valence-electron chi connectivity index (χ1n) is 5.46. The molecule has 0 amide bonds. The van der Waals surface area contributed by atoms with E-state index in [1.165, 1.54) is 12.8 Å². The molecule has 1 aliphatic rings. The highest BCUT2D eigenvalue weighted by Crippen LogP contribution is 2.21. The molecule has 1 fully saturated rings. The van der Waals surface area contributed by atoms with Crippen LogP contribution in [-0.4, -0.2) is 16.9 Å². The molecule has 0 unspecified atom stereocenters. The molecule has 1 aromatic rings. The highest BCUT2D eigenvalue weighted by molar-refractivity contribution is 9.10. The van der Waals surface area contributed by atoms with Gasteiger partial charge in [0.05, 0.1) is 6.04 Å². The van der Waals surface area contributed by atoms with Crippen molar-refractivity contribution < 1.29 is 0 Å². The van der Waals surface area contributed by atoms with Gasteiger partial charge in [0, 0.05) is 10.7 Å². The van der Waals surface area contributed by atoms with E-state index in [0.717, 1.165) is 23.0 Å². The predicted molar refractivity (Wildman–Crippen MR) is 68.1 cm³/mol. The van der Waals surface area contributed by atoms with Crippen LogP contribution in [0.4, 0.5) is 0 Å². The molecule has 1 saturated carbocycles. The van der Waals surface area contributed by atoms with Crippen molar-refractivity contribution in [1.29, 1.82) is 0 Å².